The van der Waals surface area contributed by atoms with E-state index in [1.165, 1.54) is 16.7 Å². The molecule has 0 bridgehead atoms. The van der Waals surface area contributed by atoms with Crippen LogP contribution in [0.2, 0.25) is 0 Å². The van der Waals surface area contributed by atoms with Crippen LogP contribution in [-0.4, -0.2) is 54.0 Å². The third kappa shape index (κ3) is 4.06. The molecule has 35 heavy (non-hydrogen) atoms. The number of carbonyl (C=O) groups is 1. The van der Waals surface area contributed by atoms with Crippen LogP contribution in [0.1, 0.15) is 64.4 Å². The molecule has 2 saturated carbocycles. The van der Waals surface area contributed by atoms with E-state index in [9.17, 15) is 15.0 Å². The number of ketones is 1. The van der Waals surface area contributed by atoms with Crippen molar-refractivity contribution in [3.8, 4) is 11.8 Å². The zero-order valence-corrected chi connectivity index (χ0v) is 21.5. The fourth-order valence-electron chi connectivity index (χ4n) is 6.78. The van der Waals surface area contributed by atoms with Gasteiger partial charge in [-0.25, -0.2) is 0 Å². The van der Waals surface area contributed by atoms with E-state index in [0.717, 1.165) is 30.5 Å². The summed E-state index contributed by atoms with van der Waals surface area (Å²) in [5.74, 6) is 6.39. The molecule has 1 aromatic carbocycles. The average Bonchev–Trinajstić information content (AvgIpc) is 3.07. The van der Waals surface area contributed by atoms with Crippen molar-refractivity contribution in [2.24, 2.45) is 11.3 Å². The Morgan fingerprint density at radius 2 is 1.89 bits per heavy atom. The average molecular weight is 476 g/mol. The Balaban J connectivity index is 1.65. The Hall–Kier alpha value is -2.39. The van der Waals surface area contributed by atoms with Gasteiger partial charge in [-0.3, -0.25) is 4.79 Å². The molecule has 0 radical (unpaired) electrons. The molecule has 2 N–H and O–H groups in total. The molecule has 5 rings (SSSR count). The molecule has 4 aliphatic rings. The molecule has 186 valence electrons. The van der Waals surface area contributed by atoms with Crippen molar-refractivity contribution in [1.29, 1.82) is 0 Å². The van der Waals surface area contributed by atoms with E-state index >= 15 is 0 Å². The first-order chi connectivity index (χ1) is 16.4. The van der Waals surface area contributed by atoms with Gasteiger partial charge < -0.3 is 19.8 Å². The van der Waals surface area contributed by atoms with Crippen LogP contribution in [0.5, 0.6) is 0 Å². The van der Waals surface area contributed by atoms with Crippen molar-refractivity contribution in [3.05, 3.63) is 52.6 Å². The number of hydrogen-bond donors (Lipinski definition) is 2. The summed E-state index contributed by atoms with van der Waals surface area (Å²) in [5.41, 5.74) is 3.12. The van der Waals surface area contributed by atoms with E-state index in [1.807, 2.05) is 14.1 Å². The topological polar surface area (TPSA) is 70.0 Å². The summed E-state index contributed by atoms with van der Waals surface area (Å²) in [6.45, 7) is 5.91. The van der Waals surface area contributed by atoms with Crippen LogP contribution < -0.4 is 4.90 Å². The Kier molecular flexibility index (Phi) is 5.79. The summed E-state index contributed by atoms with van der Waals surface area (Å²) in [7, 11) is 4.07. The number of fused-ring (bicyclic) bond motifs is 4. The van der Waals surface area contributed by atoms with Gasteiger partial charge in [0.25, 0.3) is 0 Å². The molecule has 1 heterocycles. The summed E-state index contributed by atoms with van der Waals surface area (Å²) in [6.07, 6.45) is 5.11. The summed E-state index contributed by atoms with van der Waals surface area (Å²) in [5, 5.41) is 22.2. The standard InChI is InChI=1S/C30H37NO4/c1-28(2,33)14-15-30(34)13-12-25-27-26(23-11-10-22(32)16-20(23)18-35-27)24(17-29(25,30)3)19-6-8-21(9-7-19)31(4)5/h6-9,16,24-25,27,33-34H,10-13,17-18H2,1-5H3. The van der Waals surface area contributed by atoms with Gasteiger partial charge in [0, 0.05) is 37.5 Å². The van der Waals surface area contributed by atoms with E-state index in [-0.39, 0.29) is 23.7 Å². The molecule has 3 aliphatic carbocycles. The first kappa shape index (κ1) is 24.3. The molecule has 1 aromatic rings. The molecule has 1 aliphatic heterocycles. The van der Waals surface area contributed by atoms with Gasteiger partial charge >= 0.3 is 0 Å². The van der Waals surface area contributed by atoms with Crippen LogP contribution in [0.4, 0.5) is 5.69 Å². The number of nitrogens with zero attached hydrogens (tertiary/aromatic N) is 1. The number of carbonyl (C=O) groups excluding carboxylic acids is 1. The second kappa shape index (κ2) is 8.34. The van der Waals surface area contributed by atoms with Crippen LogP contribution in [-0.2, 0) is 9.53 Å². The van der Waals surface area contributed by atoms with Gasteiger partial charge in [0.2, 0.25) is 0 Å². The molecule has 0 amide bonds. The number of anilines is 1. The predicted octanol–water partition coefficient (Wildman–Crippen LogP) is 4.15. The number of ether oxygens (including phenoxy) is 1. The quantitative estimate of drug-likeness (QED) is 0.629. The van der Waals surface area contributed by atoms with E-state index in [0.29, 0.717) is 19.4 Å². The SMILES string of the molecule is CN(C)c1ccc(C2CC3(C)C(CCC3(O)C#CC(C)(C)O)C3OCC4=CC(=O)CCC4=C23)cc1. The molecule has 5 unspecified atom stereocenters. The highest BCUT2D eigenvalue weighted by Crippen LogP contribution is 2.64. The Labute approximate surface area is 208 Å². The summed E-state index contributed by atoms with van der Waals surface area (Å²) >= 11 is 0. The zero-order chi connectivity index (χ0) is 25.2. The zero-order valence-electron chi connectivity index (χ0n) is 21.5. The van der Waals surface area contributed by atoms with Crippen LogP contribution >= 0.6 is 0 Å². The number of hydrogen-bond acceptors (Lipinski definition) is 5. The summed E-state index contributed by atoms with van der Waals surface area (Å²) in [6, 6.07) is 8.67. The molecule has 0 saturated heterocycles. The molecule has 2 fully saturated rings. The lowest BCUT2D eigenvalue weighted by molar-refractivity contribution is -0.115. The van der Waals surface area contributed by atoms with E-state index < -0.39 is 16.6 Å². The minimum atomic E-state index is -1.20. The smallest absolute Gasteiger partial charge is 0.156 e. The van der Waals surface area contributed by atoms with Crippen molar-refractivity contribution in [2.45, 2.75) is 76.1 Å². The van der Waals surface area contributed by atoms with Crippen LogP contribution in [0.15, 0.2) is 47.1 Å². The van der Waals surface area contributed by atoms with Gasteiger partial charge in [-0.05, 0) is 85.9 Å². The normalized spacial score (nSPS) is 34.3. The van der Waals surface area contributed by atoms with Crippen LogP contribution in [0.25, 0.3) is 0 Å². The second-order valence-electron chi connectivity index (χ2n) is 11.8. The van der Waals surface area contributed by atoms with Crippen LogP contribution in [0.3, 0.4) is 0 Å². The molecular formula is C30H37NO4. The Morgan fingerprint density at radius 1 is 1.17 bits per heavy atom. The summed E-state index contributed by atoms with van der Waals surface area (Å²) < 4.78 is 6.54. The third-order valence-electron chi connectivity index (χ3n) is 8.75. The van der Waals surface area contributed by atoms with Crippen molar-refractivity contribution in [1.82, 2.24) is 0 Å². The highest BCUT2D eigenvalue weighted by Gasteiger charge is 2.63. The largest absolute Gasteiger partial charge is 0.378 e. The highest BCUT2D eigenvalue weighted by molar-refractivity contribution is 5.93. The molecule has 5 atom stereocenters. The van der Waals surface area contributed by atoms with E-state index in [1.54, 1.807) is 19.9 Å². The molecule has 5 heteroatoms. The maximum atomic E-state index is 12.2. The van der Waals surface area contributed by atoms with Crippen LogP contribution in [0, 0.1) is 23.2 Å². The fourth-order valence-corrected chi connectivity index (χ4v) is 6.78. The monoisotopic (exact) mass is 475 g/mol. The Bertz CT molecular complexity index is 1160. The third-order valence-corrected chi connectivity index (χ3v) is 8.75. The number of rotatable bonds is 2. The lowest BCUT2D eigenvalue weighted by Gasteiger charge is -2.53. The van der Waals surface area contributed by atoms with Crippen molar-refractivity contribution < 1.29 is 19.7 Å². The van der Waals surface area contributed by atoms with Crippen molar-refractivity contribution in [2.75, 3.05) is 25.6 Å². The van der Waals surface area contributed by atoms with E-state index in [2.05, 4.69) is 47.9 Å². The molecule has 0 spiro atoms. The van der Waals surface area contributed by atoms with Gasteiger partial charge in [-0.15, -0.1) is 0 Å². The lowest BCUT2D eigenvalue weighted by Crippen LogP contribution is -2.53. The first-order valence-corrected chi connectivity index (χ1v) is 12.8. The Morgan fingerprint density at radius 3 is 2.54 bits per heavy atom. The van der Waals surface area contributed by atoms with Crippen molar-refractivity contribution in [3.63, 3.8) is 0 Å². The molecular weight excluding hydrogens is 438 g/mol. The molecule has 5 nitrogen and oxygen atoms in total. The molecule has 0 aromatic heterocycles. The van der Waals surface area contributed by atoms with Crippen molar-refractivity contribution >= 4 is 11.5 Å². The minimum absolute atomic E-state index is 0.0675. The van der Waals surface area contributed by atoms with Gasteiger partial charge in [-0.1, -0.05) is 30.9 Å². The number of benzene rings is 1. The maximum absolute atomic E-state index is 12.2. The van der Waals surface area contributed by atoms with E-state index in [4.69, 9.17) is 4.74 Å². The second-order valence-corrected chi connectivity index (χ2v) is 11.8. The van der Waals surface area contributed by atoms with Gasteiger partial charge in [0.05, 0.1) is 12.7 Å². The predicted molar refractivity (Wildman–Crippen MR) is 137 cm³/mol. The first-order valence-electron chi connectivity index (χ1n) is 12.8. The van der Waals surface area contributed by atoms with Gasteiger partial charge in [0.1, 0.15) is 11.2 Å². The maximum Gasteiger partial charge on any atom is 0.156 e. The lowest BCUT2D eigenvalue weighted by atomic mass is 9.55. The number of allylic oxidation sites excluding steroid dienone is 1. The van der Waals surface area contributed by atoms with Gasteiger partial charge in [0.15, 0.2) is 5.78 Å². The summed E-state index contributed by atoms with van der Waals surface area (Å²) in [4.78, 5) is 14.3. The van der Waals surface area contributed by atoms with Gasteiger partial charge in [-0.2, -0.15) is 0 Å². The minimum Gasteiger partial charge on any atom is -0.378 e. The fraction of sp³-hybridized carbons (Fsp3) is 0.567. The highest BCUT2D eigenvalue weighted by atomic mass is 16.5. The number of aliphatic hydroxyl groups is 2.